The zero-order chi connectivity index (χ0) is 20.7. The first-order valence-electron chi connectivity index (χ1n) is 8.22. The molecule has 0 saturated heterocycles. The molecule has 1 amide bonds. The molecule has 0 saturated carbocycles. The molecule has 0 bridgehead atoms. The molecular formula is C20H18FNO6. The van der Waals surface area contributed by atoms with Gasteiger partial charge in [-0.3, -0.25) is 10.1 Å². The number of amides is 1. The highest BCUT2D eigenvalue weighted by Crippen LogP contribution is 2.26. The van der Waals surface area contributed by atoms with E-state index in [0.717, 1.165) is 18.2 Å². The summed E-state index contributed by atoms with van der Waals surface area (Å²) in [5.41, 5.74) is 1.11. The van der Waals surface area contributed by atoms with Crippen molar-refractivity contribution in [3.63, 3.8) is 0 Å². The van der Waals surface area contributed by atoms with Crippen LogP contribution in [0.4, 0.5) is 14.9 Å². The van der Waals surface area contributed by atoms with Gasteiger partial charge in [0.2, 0.25) is 0 Å². The minimum Gasteiger partial charge on any atom is -0.505 e. The van der Waals surface area contributed by atoms with Crippen LogP contribution in [0.3, 0.4) is 0 Å². The van der Waals surface area contributed by atoms with Gasteiger partial charge in [-0.15, -0.1) is 0 Å². The van der Waals surface area contributed by atoms with E-state index in [0.29, 0.717) is 11.3 Å². The highest BCUT2D eigenvalue weighted by molar-refractivity contribution is 5.95. The van der Waals surface area contributed by atoms with Crippen LogP contribution in [0.25, 0.3) is 0 Å². The lowest BCUT2D eigenvalue weighted by molar-refractivity contribution is -0.131. The molecule has 0 unspecified atom stereocenters. The summed E-state index contributed by atoms with van der Waals surface area (Å²) in [5.74, 6) is -2.74. The fourth-order valence-corrected chi connectivity index (χ4v) is 2.33. The molecule has 2 aromatic carbocycles. The molecule has 0 heterocycles. The fourth-order valence-electron chi connectivity index (χ4n) is 2.33. The Morgan fingerprint density at radius 1 is 1.18 bits per heavy atom. The van der Waals surface area contributed by atoms with Crippen molar-refractivity contribution in [2.75, 3.05) is 5.32 Å². The van der Waals surface area contributed by atoms with Gasteiger partial charge in [-0.1, -0.05) is 12.1 Å². The molecular weight excluding hydrogens is 369 g/mol. The van der Waals surface area contributed by atoms with Crippen molar-refractivity contribution in [2.24, 2.45) is 0 Å². The molecule has 0 aromatic heterocycles. The number of phenols is 1. The van der Waals surface area contributed by atoms with Gasteiger partial charge in [0.1, 0.15) is 6.10 Å². The lowest BCUT2D eigenvalue weighted by atomic mass is 10.1. The van der Waals surface area contributed by atoms with E-state index in [9.17, 15) is 23.9 Å². The van der Waals surface area contributed by atoms with E-state index in [2.05, 4.69) is 5.32 Å². The summed E-state index contributed by atoms with van der Waals surface area (Å²) in [5, 5.41) is 20.5. The Kier molecular flexibility index (Phi) is 6.86. The van der Waals surface area contributed by atoms with Gasteiger partial charge >= 0.3 is 12.1 Å². The first-order valence-corrected chi connectivity index (χ1v) is 8.22. The number of hydrogen-bond acceptors (Lipinski definition) is 5. The van der Waals surface area contributed by atoms with E-state index in [1.807, 2.05) is 0 Å². The average molecular weight is 387 g/mol. The molecule has 2 aromatic rings. The van der Waals surface area contributed by atoms with Crippen LogP contribution in [0.2, 0.25) is 0 Å². The molecule has 0 radical (unpaired) electrons. The van der Waals surface area contributed by atoms with E-state index in [1.54, 1.807) is 12.1 Å². The number of rotatable bonds is 7. The smallest absolute Gasteiger partial charge is 0.412 e. The van der Waals surface area contributed by atoms with Gasteiger partial charge in [-0.05, 0) is 48.9 Å². The quantitative estimate of drug-likeness (QED) is 0.488. The standard InChI is InChI=1S/C20H18FNO6/c1-12(23)13-5-8-15(9-6-13)22-20(27)28-18(3-2-4-19(25)26)14-7-10-17(24)16(21)11-14/h2,4-11,18,24H,3H2,1H3,(H,22,27)(H,25,26)/b4-2+/t18-/m0/s1. The van der Waals surface area contributed by atoms with Crippen molar-refractivity contribution >= 4 is 23.5 Å². The first-order chi connectivity index (χ1) is 13.3. The Labute approximate surface area is 160 Å². The highest BCUT2D eigenvalue weighted by atomic mass is 19.1. The number of aliphatic carboxylic acids is 1. The van der Waals surface area contributed by atoms with Gasteiger partial charge in [0.05, 0.1) is 0 Å². The van der Waals surface area contributed by atoms with Crippen molar-refractivity contribution in [2.45, 2.75) is 19.4 Å². The van der Waals surface area contributed by atoms with E-state index < -0.39 is 29.7 Å². The second-order valence-corrected chi connectivity index (χ2v) is 5.84. The number of carbonyl (C=O) groups excluding carboxylic acids is 2. The Morgan fingerprint density at radius 2 is 1.86 bits per heavy atom. The summed E-state index contributed by atoms with van der Waals surface area (Å²) in [6.45, 7) is 1.42. The summed E-state index contributed by atoms with van der Waals surface area (Å²) in [6.07, 6.45) is 0.297. The summed E-state index contributed by atoms with van der Waals surface area (Å²) < 4.78 is 18.9. The third-order valence-electron chi connectivity index (χ3n) is 3.74. The number of phenolic OH excluding ortho intramolecular Hbond substituents is 1. The van der Waals surface area contributed by atoms with Crippen molar-refractivity contribution in [3.8, 4) is 5.75 Å². The van der Waals surface area contributed by atoms with Crippen LogP contribution in [-0.2, 0) is 9.53 Å². The van der Waals surface area contributed by atoms with Crippen LogP contribution in [0, 0.1) is 5.82 Å². The predicted octanol–water partition coefficient (Wildman–Crippen LogP) is 4.05. The molecule has 0 aliphatic rings. The van der Waals surface area contributed by atoms with Crippen LogP contribution in [0.15, 0.2) is 54.6 Å². The van der Waals surface area contributed by atoms with Crippen LogP contribution < -0.4 is 5.32 Å². The van der Waals surface area contributed by atoms with Crippen molar-refractivity contribution < 1.29 is 33.7 Å². The molecule has 146 valence electrons. The van der Waals surface area contributed by atoms with Crippen LogP contribution >= 0.6 is 0 Å². The van der Waals surface area contributed by atoms with Gasteiger partial charge in [0, 0.05) is 23.7 Å². The third-order valence-corrected chi connectivity index (χ3v) is 3.74. The molecule has 0 spiro atoms. The van der Waals surface area contributed by atoms with Crippen LogP contribution in [-0.4, -0.2) is 28.1 Å². The fraction of sp³-hybridized carbons (Fsp3) is 0.150. The van der Waals surface area contributed by atoms with E-state index in [1.165, 1.54) is 31.2 Å². The maximum absolute atomic E-state index is 13.6. The van der Waals surface area contributed by atoms with Crippen LogP contribution in [0.1, 0.15) is 35.4 Å². The second kappa shape index (κ2) is 9.31. The largest absolute Gasteiger partial charge is 0.505 e. The lowest BCUT2D eigenvalue weighted by Crippen LogP contribution is -2.17. The highest BCUT2D eigenvalue weighted by Gasteiger charge is 2.18. The number of carboxylic acid groups (broad SMARTS) is 1. The third kappa shape index (κ3) is 5.94. The topological polar surface area (TPSA) is 113 Å². The van der Waals surface area contributed by atoms with Crippen molar-refractivity contribution in [1.82, 2.24) is 0 Å². The number of ketones is 1. The summed E-state index contributed by atoms with van der Waals surface area (Å²) in [7, 11) is 0. The number of aromatic hydroxyl groups is 1. The predicted molar refractivity (Wildman–Crippen MR) is 98.7 cm³/mol. The number of carbonyl (C=O) groups is 3. The molecule has 28 heavy (non-hydrogen) atoms. The number of Topliss-reactive ketones (excluding diaryl/α,β-unsaturated/α-hetero) is 1. The van der Waals surface area contributed by atoms with E-state index in [4.69, 9.17) is 9.84 Å². The molecule has 0 aliphatic heterocycles. The van der Waals surface area contributed by atoms with Crippen molar-refractivity contribution in [3.05, 3.63) is 71.6 Å². The summed E-state index contributed by atoms with van der Waals surface area (Å²) in [6, 6.07) is 9.62. The molecule has 3 N–H and O–H groups in total. The monoisotopic (exact) mass is 387 g/mol. The molecule has 0 aliphatic carbocycles. The van der Waals surface area contributed by atoms with Crippen molar-refractivity contribution in [1.29, 1.82) is 0 Å². The number of benzene rings is 2. The Balaban J connectivity index is 2.13. The number of hydrogen-bond donors (Lipinski definition) is 3. The summed E-state index contributed by atoms with van der Waals surface area (Å²) >= 11 is 0. The molecule has 0 fully saturated rings. The first kappa shape index (κ1) is 20.6. The molecule has 7 nitrogen and oxygen atoms in total. The van der Waals surface area contributed by atoms with Gasteiger partial charge < -0.3 is 14.9 Å². The Morgan fingerprint density at radius 3 is 2.43 bits per heavy atom. The normalized spacial score (nSPS) is 11.8. The maximum atomic E-state index is 13.6. The zero-order valence-electron chi connectivity index (χ0n) is 14.9. The number of carboxylic acids is 1. The van der Waals surface area contributed by atoms with Gasteiger partial charge in [0.25, 0.3) is 0 Å². The summed E-state index contributed by atoms with van der Waals surface area (Å²) in [4.78, 5) is 34.1. The lowest BCUT2D eigenvalue weighted by Gasteiger charge is -2.18. The van der Waals surface area contributed by atoms with E-state index >= 15 is 0 Å². The average Bonchev–Trinajstić information content (AvgIpc) is 2.63. The minimum atomic E-state index is -1.18. The number of anilines is 1. The number of halogens is 1. The Hall–Kier alpha value is -3.68. The van der Waals surface area contributed by atoms with E-state index in [-0.39, 0.29) is 17.8 Å². The van der Waals surface area contributed by atoms with Gasteiger partial charge in [-0.25, -0.2) is 14.0 Å². The SMILES string of the molecule is CC(=O)c1ccc(NC(=O)O[C@@H](C/C=C/C(=O)O)c2ccc(O)c(F)c2)cc1. The maximum Gasteiger partial charge on any atom is 0.412 e. The zero-order valence-corrected chi connectivity index (χ0v) is 14.9. The molecule has 8 heteroatoms. The minimum absolute atomic E-state index is 0.0206. The molecule has 1 atom stereocenters. The molecule has 2 rings (SSSR count). The number of nitrogens with one attached hydrogen (secondary N) is 1. The Bertz CT molecular complexity index is 907. The second-order valence-electron chi connectivity index (χ2n) is 5.84. The number of ether oxygens (including phenoxy) is 1. The van der Waals surface area contributed by atoms with Crippen LogP contribution in [0.5, 0.6) is 5.75 Å². The van der Waals surface area contributed by atoms with Gasteiger partial charge in [0.15, 0.2) is 17.3 Å². The van der Waals surface area contributed by atoms with Gasteiger partial charge in [-0.2, -0.15) is 0 Å².